The van der Waals surface area contributed by atoms with Crippen LogP contribution in [0.4, 0.5) is 10.5 Å². The van der Waals surface area contributed by atoms with E-state index in [4.69, 9.17) is 5.73 Å². The highest BCUT2D eigenvalue weighted by Gasteiger charge is 2.27. The number of hydrogen-bond donors (Lipinski definition) is 2. The van der Waals surface area contributed by atoms with Crippen molar-refractivity contribution in [3.8, 4) is 11.4 Å². The Hall–Kier alpha value is -2.55. The van der Waals surface area contributed by atoms with Gasteiger partial charge in [0.2, 0.25) is 5.91 Å². The Morgan fingerprint density at radius 3 is 2.24 bits per heavy atom. The number of imide groups is 1. The van der Waals surface area contributed by atoms with Crippen molar-refractivity contribution in [1.29, 1.82) is 0 Å². The maximum Gasteiger partial charge on any atom is 0.318 e. The molecule has 0 aliphatic heterocycles. The summed E-state index contributed by atoms with van der Waals surface area (Å²) >= 11 is 1.29. The number of amides is 3. The zero-order chi connectivity index (χ0) is 21.6. The van der Waals surface area contributed by atoms with Crippen LogP contribution >= 0.6 is 11.8 Å². The van der Waals surface area contributed by atoms with Crippen LogP contribution in [0.3, 0.4) is 0 Å². The topological polar surface area (TPSA) is 106 Å². The van der Waals surface area contributed by atoms with Gasteiger partial charge < -0.3 is 15.2 Å². The zero-order valence-corrected chi connectivity index (χ0v) is 18.5. The Bertz CT molecular complexity index is 830. The number of carbonyl (C=O) groups is 2. The van der Waals surface area contributed by atoms with E-state index in [1.807, 2.05) is 37.5 Å². The first-order chi connectivity index (χ1) is 13.8. The van der Waals surface area contributed by atoms with Crippen molar-refractivity contribution in [1.82, 2.24) is 20.1 Å². The summed E-state index contributed by atoms with van der Waals surface area (Å²) < 4.78 is 1.98. The molecule has 1 atom stereocenters. The number of anilines is 1. The molecule has 3 amide bonds. The second kappa shape index (κ2) is 10.3. The summed E-state index contributed by atoms with van der Waals surface area (Å²) in [6.45, 7) is 12.7. The third-order valence-electron chi connectivity index (χ3n) is 4.63. The van der Waals surface area contributed by atoms with Crippen molar-refractivity contribution in [2.75, 3.05) is 18.0 Å². The van der Waals surface area contributed by atoms with Gasteiger partial charge in [-0.1, -0.05) is 25.6 Å². The van der Waals surface area contributed by atoms with E-state index in [0.717, 1.165) is 24.5 Å². The number of nitrogens with zero attached hydrogens (tertiary/aromatic N) is 4. The Morgan fingerprint density at radius 1 is 1.14 bits per heavy atom. The molecule has 8 nitrogen and oxygen atoms in total. The van der Waals surface area contributed by atoms with E-state index < -0.39 is 17.2 Å². The fourth-order valence-electron chi connectivity index (χ4n) is 3.08. The molecule has 0 saturated heterocycles. The SMILES string of the molecule is CCN(CC)c1ccc(-c2nnc(S[C@H](C(=O)NC(N)=O)C(C)C)n2CC)cc1. The average Bonchev–Trinajstić information content (AvgIpc) is 3.09. The van der Waals surface area contributed by atoms with Crippen LogP contribution in [0.15, 0.2) is 29.4 Å². The molecule has 0 aliphatic rings. The lowest BCUT2D eigenvalue weighted by molar-refractivity contribution is -0.120. The van der Waals surface area contributed by atoms with Crippen LogP contribution in [-0.2, 0) is 11.3 Å². The lowest BCUT2D eigenvalue weighted by Gasteiger charge is -2.21. The third-order valence-corrected chi connectivity index (χ3v) is 6.16. The summed E-state index contributed by atoms with van der Waals surface area (Å²) in [7, 11) is 0. The molecule has 158 valence electrons. The van der Waals surface area contributed by atoms with E-state index in [0.29, 0.717) is 11.7 Å². The van der Waals surface area contributed by atoms with E-state index in [1.54, 1.807) is 0 Å². The molecular weight excluding hydrogens is 388 g/mol. The van der Waals surface area contributed by atoms with Crippen LogP contribution in [-0.4, -0.2) is 45.0 Å². The molecular formula is C20H30N6O2S. The first kappa shape index (κ1) is 22.7. The number of nitrogens with two attached hydrogens (primary N) is 1. The number of benzene rings is 1. The van der Waals surface area contributed by atoms with Gasteiger partial charge in [-0.3, -0.25) is 10.1 Å². The lowest BCUT2D eigenvalue weighted by Crippen LogP contribution is -2.42. The minimum absolute atomic E-state index is 0.0156. The van der Waals surface area contributed by atoms with E-state index in [2.05, 4.69) is 46.4 Å². The number of urea groups is 1. The Kier molecular flexibility index (Phi) is 8.07. The normalized spacial score (nSPS) is 12.1. The molecule has 1 heterocycles. The van der Waals surface area contributed by atoms with Gasteiger partial charge in [-0.2, -0.15) is 0 Å². The molecule has 3 N–H and O–H groups in total. The number of primary amides is 1. The van der Waals surface area contributed by atoms with Crippen LogP contribution in [0.2, 0.25) is 0 Å². The predicted octanol–water partition coefficient (Wildman–Crippen LogP) is 3.12. The quantitative estimate of drug-likeness (QED) is 0.606. The molecule has 1 aromatic heterocycles. The number of aromatic nitrogens is 3. The average molecular weight is 419 g/mol. The maximum atomic E-state index is 12.3. The Morgan fingerprint density at radius 2 is 1.76 bits per heavy atom. The largest absolute Gasteiger partial charge is 0.372 e. The van der Waals surface area contributed by atoms with Crippen molar-refractivity contribution in [2.24, 2.45) is 11.7 Å². The number of nitrogens with one attached hydrogen (secondary N) is 1. The summed E-state index contributed by atoms with van der Waals surface area (Å²) in [5.41, 5.74) is 7.23. The smallest absolute Gasteiger partial charge is 0.318 e. The van der Waals surface area contributed by atoms with E-state index in [-0.39, 0.29) is 5.92 Å². The molecule has 0 spiro atoms. The standard InChI is InChI=1S/C20H30N6O2S/c1-6-25(7-2)15-11-9-14(10-12-15)17-23-24-20(26(17)8-3)29-16(13(4)5)18(27)22-19(21)28/h9-13,16H,6-8H2,1-5H3,(H3,21,22,27,28)/t16-/m0/s1. The monoisotopic (exact) mass is 418 g/mol. The number of hydrogen-bond acceptors (Lipinski definition) is 6. The molecule has 2 rings (SSSR count). The molecule has 0 unspecified atom stereocenters. The molecule has 2 aromatic rings. The first-order valence-corrected chi connectivity index (χ1v) is 10.8. The fraction of sp³-hybridized carbons (Fsp3) is 0.500. The number of thioether (sulfide) groups is 1. The number of carbonyl (C=O) groups excluding carboxylic acids is 2. The van der Waals surface area contributed by atoms with Crippen LogP contribution < -0.4 is 16.0 Å². The van der Waals surface area contributed by atoms with Gasteiger partial charge in [0.15, 0.2) is 11.0 Å². The fourth-order valence-corrected chi connectivity index (χ4v) is 4.18. The number of rotatable bonds is 9. The molecule has 0 fully saturated rings. The van der Waals surface area contributed by atoms with E-state index in [1.165, 1.54) is 17.4 Å². The van der Waals surface area contributed by atoms with Crippen LogP contribution in [0.1, 0.15) is 34.6 Å². The van der Waals surface area contributed by atoms with Crippen molar-refractivity contribution >= 4 is 29.4 Å². The van der Waals surface area contributed by atoms with Gasteiger partial charge in [0.25, 0.3) is 0 Å². The van der Waals surface area contributed by atoms with Crippen molar-refractivity contribution in [2.45, 2.75) is 51.6 Å². The zero-order valence-electron chi connectivity index (χ0n) is 17.7. The van der Waals surface area contributed by atoms with Crippen molar-refractivity contribution in [3.63, 3.8) is 0 Å². The van der Waals surface area contributed by atoms with Gasteiger partial charge in [-0.25, -0.2) is 4.79 Å². The third kappa shape index (κ3) is 5.50. The van der Waals surface area contributed by atoms with Gasteiger partial charge in [-0.05, 0) is 51.0 Å². The molecule has 0 bridgehead atoms. The highest BCUT2D eigenvalue weighted by Crippen LogP contribution is 2.31. The summed E-state index contributed by atoms with van der Waals surface area (Å²) in [6, 6.07) is 7.39. The van der Waals surface area contributed by atoms with Crippen molar-refractivity contribution < 1.29 is 9.59 Å². The van der Waals surface area contributed by atoms with Gasteiger partial charge in [-0.15, -0.1) is 10.2 Å². The van der Waals surface area contributed by atoms with Crippen LogP contribution in [0.5, 0.6) is 0 Å². The lowest BCUT2D eigenvalue weighted by atomic mass is 10.1. The summed E-state index contributed by atoms with van der Waals surface area (Å²) in [5.74, 6) is 0.311. The van der Waals surface area contributed by atoms with E-state index in [9.17, 15) is 9.59 Å². The van der Waals surface area contributed by atoms with E-state index >= 15 is 0 Å². The molecule has 0 radical (unpaired) electrons. The highest BCUT2D eigenvalue weighted by atomic mass is 32.2. The second-order valence-corrected chi connectivity index (χ2v) is 8.01. The predicted molar refractivity (Wildman–Crippen MR) is 117 cm³/mol. The second-order valence-electron chi connectivity index (χ2n) is 6.91. The molecule has 0 saturated carbocycles. The molecule has 1 aromatic carbocycles. The van der Waals surface area contributed by atoms with Crippen LogP contribution in [0, 0.1) is 5.92 Å². The minimum Gasteiger partial charge on any atom is -0.372 e. The van der Waals surface area contributed by atoms with Gasteiger partial charge in [0, 0.05) is 30.9 Å². The van der Waals surface area contributed by atoms with Crippen LogP contribution in [0.25, 0.3) is 11.4 Å². The Balaban J connectivity index is 2.29. The minimum atomic E-state index is -0.854. The van der Waals surface area contributed by atoms with Gasteiger partial charge >= 0.3 is 6.03 Å². The highest BCUT2D eigenvalue weighted by molar-refractivity contribution is 8.00. The molecule has 0 aliphatic carbocycles. The molecule has 29 heavy (non-hydrogen) atoms. The summed E-state index contributed by atoms with van der Waals surface area (Å²) in [5, 5.41) is 11.0. The first-order valence-electron chi connectivity index (χ1n) is 9.87. The maximum absolute atomic E-state index is 12.3. The molecule has 9 heteroatoms. The van der Waals surface area contributed by atoms with Crippen molar-refractivity contribution in [3.05, 3.63) is 24.3 Å². The van der Waals surface area contributed by atoms with Gasteiger partial charge in [0.1, 0.15) is 0 Å². The Labute approximate surface area is 176 Å². The summed E-state index contributed by atoms with van der Waals surface area (Å²) in [4.78, 5) is 25.7. The summed E-state index contributed by atoms with van der Waals surface area (Å²) in [6.07, 6.45) is 0. The van der Waals surface area contributed by atoms with Gasteiger partial charge in [0.05, 0.1) is 5.25 Å².